The lowest BCUT2D eigenvalue weighted by atomic mass is 9.74. The lowest BCUT2D eigenvalue weighted by molar-refractivity contribution is 0.122. The first-order valence-electron chi connectivity index (χ1n) is 5.37. The number of aliphatic hydroxyl groups is 1. The van der Waals surface area contributed by atoms with Crippen molar-refractivity contribution >= 4 is 11.6 Å². The van der Waals surface area contributed by atoms with Gasteiger partial charge in [-0.2, -0.15) is 0 Å². The normalized spacial score (nSPS) is 37.4. The van der Waals surface area contributed by atoms with Crippen molar-refractivity contribution in [2.24, 2.45) is 17.8 Å². The van der Waals surface area contributed by atoms with Crippen molar-refractivity contribution in [3.8, 4) is 0 Å². The summed E-state index contributed by atoms with van der Waals surface area (Å²) < 4.78 is 0. The summed E-state index contributed by atoms with van der Waals surface area (Å²) in [6.45, 7) is 4.66. The highest BCUT2D eigenvalue weighted by Crippen LogP contribution is 2.35. The Morgan fingerprint density at radius 1 is 1.31 bits per heavy atom. The fourth-order valence-corrected chi connectivity index (χ4v) is 2.45. The molecule has 0 bridgehead atoms. The molecule has 1 saturated carbocycles. The molecule has 1 rings (SSSR count). The van der Waals surface area contributed by atoms with E-state index in [1.54, 1.807) is 0 Å². The van der Waals surface area contributed by atoms with Gasteiger partial charge in [-0.1, -0.05) is 26.7 Å². The monoisotopic (exact) mass is 204 g/mol. The smallest absolute Gasteiger partial charge is 0.0678 e. The molecule has 0 radical (unpaired) electrons. The van der Waals surface area contributed by atoms with E-state index in [4.69, 9.17) is 11.6 Å². The highest BCUT2D eigenvalue weighted by atomic mass is 35.5. The van der Waals surface area contributed by atoms with Crippen molar-refractivity contribution in [3.05, 3.63) is 0 Å². The Balaban J connectivity index is 2.29. The van der Waals surface area contributed by atoms with E-state index < -0.39 is 0 Å². The van der Waals surface area contributed by atoms with Crippen LogP contribution in [0.25, 0.3) is 0 Å². The van der Waals surface area contributed by atoms with Gasteiger partial charge in [-0.3, -0.25) is 0 Å². The van der Waals surface area contributed by atoms with Gasteiger partial charge in [0.25, 0.3) is 0 Å². The predicted molar refractivity (Wildman–Crippen MR) is 57.0 cm³/mol. The molecule has 0 aromatic rings. The lowest BCUT2D eigenvalue weighted by Gasteiger charge is -2.32. The maximum absolute atomic E-state index is 9.43. The van der Waals surface area contributed by atoms with Crippen molar-refractivity contribution in [3.63, 3.8) is 0 Å². The molecule has 4 atom stereocenters. The third kappa shape index (κ3) is 3.47. The minimum atomic E-state index is -0.285. The zero-order valence-corrected chi connectivity index (χ0v) is 9.43. The Morgan fingerprint density at radius 3 is 2.54 bits per heavy atom. The minimum Gasteiger partial charge on any atom is -0.392 e. The third-order valence-electron chi connectivity index (χ3n) is 3.49. The average molecular weight is 205 g/mol. The first-order valence-corrected chi connectivity index (χ1v) is 5.91. The van der Waals surface area contributed by atoms with Gasteiger partial charge in [0.05, 0.1) is 6.10 Å². The van der Waals surface area contributed by atoms with E-state index in [1.807, 2.05) is 0 Å². The van der Waals surface area contributed by atoms with Gasteiger partial charge >= 0.3 is 0 Å². The van der Waals surface area contributed by atoms with Crippen molar-refractivity contribution in [2.75, 3.05) is 5.88 Å². The molecule has 0 aliphatic heterocycles. The Morgan fingerprint density at radius 2 is 2.00 bits per heavy atom. The van der Waals surface area contributed by atoms with Crippen LogP contribution in [0.4, 0.5) is 0 Å². The third-order valence-corrected chi connectivity index (χ3v) is 3.85. The molecule has 78 valence electrons. The summed E-state index contributed by atoms with van der Waals surface area (Å²) in [5.74, 6) is 2.78. The standard InChI is InChI=1S/C11H21ClO/c1-8-3-4-10(5-9(8)2)6-11(13)7-12/h8-11,13H,3-7H2,1-2H3. The highest BCUT2D eigenvalue weighted by molar-refractivity contribution is 6.18. The first kappa shape index (κ1) is 11.3. The van der Waals surface area contributed by atoms with Gasteiger partial charge in [0.15, 0.2) is 0 Å². The summed E-state index contributed by atoms with van der Waals surface area (Å²) >= 11 is 5.59. The lowest BCUT2D eigenvalue weighted by Crippen LogP contribution is -2.24. The second-order valence-corrected chi connectivity index (χ2v) is 4.99. The summed E-state index contributed by atoms with van der Waals surface area (Å²) in [6, 6.07) is 0. The number of aliphatic hydroxyl groups excluding tert-OH is 1. The molecule has 1 aliphatic rings. The van der Waals surface area contributed by atoms with E-state index in [1.165, 1.54) is 19.3 Å². The van der Waals surface area contributed by atoms with Crippen LogP contribution in [0.1, 0.15) is 39.5 Å². The zero-order chi connectivity index (χ0) is 9.84. The Kier molecular flexibility index (Phi) is 4.54. The largest absolute Gasteiger partial charge is 0.392 e. The number of hydrogen-bond acceptors (Lipinski definition) is 1. The van der Waals surface area contributed by atoms with Crippen LogP contribution >= 0.6 is 11.6 Å². The van der Waals surface area contributed by atoms with Gasteiger partial charge in [0.2, 0.25) is 0 Å². The van der Waals surface area contributed by atoms with Crippen LogP contribution in [0.15, 0.2) is 0 Å². The summed E-state index contributed by atoms with van der Waals surface area (Å²) in [5.41, 5.74) is 0. The summed E-state index contributed by atoms with van der Waals surface area (Å²) in [6.07, 6.45) is 4.49. The van der Waals surface area contributed by atoms with E-state index in [2.05, 4.69) is 13.8 Å². The van der Waals surface area contributed by atoms with Gasteiger partial charge < -0.3 is 5.11 Å². The number of alkyl halides is 1. The maximum atomic E-state index is 9.43. The number of rotatable bonds is 3. The highest BCUT2D eigenvalue weighted by Gasteiger charge is 2.25. The van der Waals surface area contributed by atoms with E-state index in [0.717, 1.165) is 18.3 Å². The van der Waals surface area contributed by atoms with Crippen molar-refractivity contribution in [1.29, 1.82) is 0 Å². The van der Waals surface area contributed by atoms with Crippen LogP contribution < -0.4 is 0 Å². The Bertz CT molecular complexity index is 147. The molecule has 13 heavy (non-hydrogen) atoms. The van der Waals surface area contributed by atoms with Crippen LogP contribution in [0.2, 0.25) is 0 Å². The molecule has 1 nitrogen and oxygen atoms in total. The minimum absolute atomic E-state index is 0.285. The molecule has 1 aliphatic carbocycles. The SMILES string of the molecule is CC1CCC(CC(O)CCl)CC1C. The average Bonchev–Trinajstić information content (AvgIpc) is 2.11. The topological polar surface area (TPSA) is 20.2 Å². The van der Waals surface area contributed by atoms with Crippen LogP contribution in [-0.2, 0) is 0 Å². The molecule has 1 fully saturated rings. The van der Waals surface area contributed by atoms with Crippen LogP contribution in [0.5, 0.6) is 0 Å². The van der Waals surface area contributed by atoms with Gasteiger partial charge in [-0.05, 0) is 30.6 Å². The van der Waals surface area contributed by atoms with Crippen LogP contribution in [0.3, 0.4) is 0 Å². The molecule has 0 aromatic carbocycles. The molecular weight excluding hydrogens is 184 g/mol. The quantitative estimate of drug-likeness (QED) is 0.701. The molecular formula is C11H21ClO. The van der Waals surface area contributed by atoms with Crippen LogP contribution in [-0.4, -0.2) is 17.1 Å². The van der Waals surface area contributed by atoms with Gasteiger partial charge in [0, 0.05) is 5.88 Å². The number of hydrogen-bond donors (Lipinski definition) is 1. The molecule has 0 saturated heterocycles. The molecule has 1 N–H and O–H groups in total. The molecule has 2 heteroatoms. The molecule has 0 spiro atoms. The van der Waals surface area contributed by atoms with E-state index >= 15 is 0 Å². The van der Waals surface area contributed by atoms with Crippen molar-refractivity contribution in [1.82, 2.24) is 0 Å². The molecule has 4 unspecified atom stereocenters. The van der Waals surface area contributed by atoms with Gasteiger partial charge in [-0.15, -0.1) is 11.6 Å². The molecule has 0 heterocycles. The fourth-order valence-electron chi connectivity index (χ4n) is 2.32. The van der Waals surface area contributed by atoms with Gasteiger partial charge in [-0.25, -0.2) is 0 Å². The molecule has 0 aromatic heterocycles. The Labute approximate surface area is 86.5 Å². The van der Waals surface area contributed by atoms with Crippen molar-refractivity contribution < 1.29 is 5.11 Å². The summed E-state index contributed by atoms with van der Waals surface area (Å²) in [4.78, 5) is 0. The van der Waals surface area contributed by atoms with E-state index in [9.17, 15) is 5.11 Å². The first-order chi connectivity index (χ1) is 6.13. The summed E-state index contributed by atoms with van der Waals surface area (Å²) in [7, 11) is 0. The van der Waals surface area contributed by atoms with E-state index in [0.29, 0.717) is 11.8 Å². The predicted octanol–water partition coefficient (Wildman–Crippen LogP) is 3.05. The van der Waals surface area contributed by atoms with E-state index in [-0.39, 0.29) is 6.10 Å². The maximum Gasteiger partial charge on any atom is 0.0678 e. The zero-order valence-electron chi connectivity index (χ0n) is 8.67. The second kappa shape index (κ2) is 5.21. The number of halogens is 1. The van der Waals surface area contributed by atoms with Crippen LogP contribution in [0, 0.1) is 17.8 Å². The Hall–Kier alpha value is 0.250. The van der Waals surface area contributed by atoms with Crippen molar-refractivity contribution in [2.45, 2.75) is 45.6 Å². The summed E-state index contributed by atoms with van der Waals surface area (Å²) in [5, 5.41) is 9.43. The fraction of sp³-hybridized carbons (Fsp3) is 1.00. The van der Waals surface area contributed by atoms with Gasteiger partial charge in [0.1, 0.15) is 0 Å². The molecule has 0 amide bonds. The second-order valence-electron chi connectivity index (χ2n) is 4.68.